The molecule has 12 heteroatoms. The van der Waals surface area contributed by atoms with Crippen LogP contribution in [-0.2, 0) is 5.60 Å². The molecular weight excluding hydrogens is 859 g/mol. The third kappa shape index (κ3) is 9.59. The average molecular weight is 898 g/mol. The van der Waals surface area contributed by atoms with E-state index >= 15 is 0 Å². The maximum Gasteiger partial charge on any atom is 2.00 e. The van der Waals surface area contributed by atoms with Crippen molar-refractivity contribution in [1.82, 2.24) is 19.8 Å². The van der Waals surface area contributed by atoms with Crippen LogP contribution in [0.5, 0.6) is 0 Å². The molecule has 1 aliphatic carbocycles. The maximum atomic E-state index is 12.4. The fraction of sp³-hybridized carbons (Fsp3) is 0.300. The van der Waals surface area contributed by atoms with Crippen molar-refractivity contribution in [2.75, 3.05) is 40.3 Å². The standard InChI is InChI=1S/C20H20BrClN2O.C14H7BrClNO.C6H12N.ClH.Mg/c1-24-9-6-14(7-10-24)20(25)17-5-4-15(22)12-16(17)18(21)11-13-3-2-8-23-19(13)20;15-12-6-8-2-1-5-17-13(8)14(18)10-4-3-9(16)7-11(10)12;1-7-5-3-2-4-6-7;;/h2-5,8,11-12,14,25H,6-7,9-10H2,1H3;1-7H;2H,3-6H2,1H3;1H;/q;;-1;;+2/p-1. The summed E-state index contributed by atoms with van der Waals surface area (Å²) in [6.45, 7) is 4.49. The van der Waals surface area contributed by atoms with Gasteiger partial charge in [0, 0.05) is 59.0 Å². The fourth-order valence-corrected chi connectivity index (χ4v) is 8.43. The summed E-state index contributed by atoms with van der Waals surface area (Å²) in [6, 6.07) is 20.5. The van der Waals surface area contributed by atoms with Crippen molar-refractivity contribution in [2.24, 2.45) is 5.92 Å². The monoisotopic (exact) mass is 894 g/mol. The molecule has 52 heavy (non-hydrogen) atoms. The molecule has 0 radical (unpaired) electrons. The topological polar surface area (TPSA) is 69.6 Å². The first-order valence-corrected chi connectivity index (χ1v) is 19.1. The van der Waals surface area contributed by atoms with Crippen LogP contribution in [0.4, 0.5) is 0 Å². The largest absolute Gasteiger partial charge is 2.00 e. The second-order valence-electron chi connectivity index (χ2n) is 13.1. The second-order valence-corrected chi connectivity index (χ2v) is 15.7. The molecule has 0 bridgehead atoms. The van der Waals surface area contributed by atoms with E-state index in [1.54, 1.807) is 30.6 Å². The number of hydrogen-bond donors (Lipinski definition) is 1. The number of aromatic nitrogens is 2. The summed E-state index contributed by atoms with van der Waals surface area (Å²) in [7, 11) is 4.30. The van der Waals surface area contributed by atoms with E-state index in [0.29, 0.717) is 20.9 Å². The van der Waals surface area contributed by atoms with Gasteiger partial charge in [0.1, 0.15) is 11.1 Å². The van der Waals surface area contributed by atoms with Crippen LogP contribution in [0.2, 0.25) is 10.0 Å². The Morgan fingerprint density at radius 3 is 2.17 bits per heavy atom. The molecule has 1 N–H and O–H groups in total. The minimum Gasteiger partial charge on any atom is -1.00 e. The van der Waals surface area contributed by atoms with Gasteiger partial charge in [-0.05, 0) is 119 Å². The van der Waals surface area contributed by atoms with Crippen molar-refractivity contribution in [3.63, 3.8) is 0 Å². The number of hydrogen-bond acceptors (Lipinski definition) is 6. The van der Waals surface area contributed by atoms with E-state index < -0.39 is 5.60 Å². The first-order chi connectivity index (χ1) is 24.1. The van der Waals surface area contributed by atoms with Gasteiger partial charge in [-0.15, -0.1) is 0 Å². The number of benzene rings is 2. The molecule has 268 valence electrons. The van der Waals surface area contributed by atoms with Crippen LogP contribution in [0, 0.1) is 12.3 Å². The minimum atomic E-state index is -1.12. The van der Waals surface area contributed by atoms with Crippen molar-refractivity contribution in [2.45, 2.75) is 31.3 Å². The molecule has 2 fully saturated rings. The number of fused-ring (bicyclic) bond motifs is 4. The third-order valence-electron chi connectivity index (χ3n) is 9.69. The van der Waals surface area contributed by atoms with Gasteiger partial charge in [-0.25, -0.2) is 0 Å². The summed E-state index contributed by atoms with van der Waals surface area (Å²) < 4.78 is 1.75. The molecule has 0 spiro atoms. The fourth-order valence-electron chi connectivity index (χ4n) is 6.94. The van der Waals surface area contributed by atoms with Crippen molar-refractivity contribution in [3.05, 3.63) is 133 Å². The Bertz CT molecular complexity index is 2110. The molecule has 6 nitrogen and oxygen atoms in total. The Hall–Kier alpha value is -1.63. The van der Waals surface area contributed by atoms with Gasteiger partial charge in [0.2, 0.25) is 5.43 Å². The summed E-state index contributed by atoms with van der Waals surface area (Å²) in [6.07, 6.45) is 12.2. The SMILES string of the molecule is CN1CCC(C2(O)c3ccc(Cl)cc3C(Br)=Cc3cccnc32)CC1.CN1CC[CH-]CC1.O=c1c2ccc(Cl)cc2c(Br)cc2cccnc12.[Cl-].[Mg+2]. The van der Waals surface area contributed by atoms with Gasteiger partial charge in [0.05, 0.1) is 5.69 Å². The minimum absolute atomic E-state index is 0. The van der Waals surface area contributed by atoms with Crippen LogP contribution in [0.15, 0.2) is 88.4 Å². The Balaban J connectivity index is 0.000000196. The number of likely N-dealkylation sites (tertiary alicyclic amines) is 2. The van der Waals surface area contributed by atoms with Crippen LogP contribution in [0.1, 0.15) is 48.1 Å². The van der Waals surface area contributed by atoms with Gasteiger partial charge in [0.25, 0.3) is 0 Å². The molecule has 5 aromatic rings. The molecule has 1 atom stereocenters. The Morgan fingerprint density at radius 2 is 1.48 bits per heavy atom. The normalized spacial score (nSPS) is 18.9. The maximum absolute atomic E-state index is 12.4. The summed E-state index contributed by atoms with van der Waals surface area (Å²) >= 11 is 19.4. The second kappa shape index (κ2) is 19.3. The molecule has 2 aliphatic heterocycles. The van der Waals surface area contributed by atoms with Crippen LogP contribution in [-0.4, -0.2) is 88.2 Å². The van der Waals surface area contributed by atoms with Gasteiger partial charge < -0.3 is 33.7 Å². The van der Waals surface area contributed by atoms with Crippen LogP contribution >= 0.6 is 55.1 Å². The molecular formula is C40H39Br2Cl3MgN4O2. The molecule has 4 heterocycles. The molecule has 2 aromatic heterocycles. The van der Waals surface area contributed by atoms with Crippen molar-refractivity contribution >= 4 is 110 Å². The van der Waals surface area contributed by atoms with Crippen LogP contribution in [0.25, 0.3) is 32.2 Å². The number of aliphatic hydroxyl groups is 1. The molecule has 2 saturated heterocycles. The summed E-state index contributed by atoms with van der Waals surface area (Å²) in [5.74, 6) is 0.115. The van der Waals surface area contributed by atoms with Crippen molar-refractivity contribution in [1.29, 1.82) is 0 Å². The smallest absolute Gasteiger partial charge is 1.00 e. The van der Waals surface area contributed by atoms with E-state index in [9.17, 15) is 9.90 Å². The molecule has 3 aliphatic rings. The zero-order chi connectivity index (χ0) is 35.4. The van der Waals surface area contributed by atoms with Gasteiger partial charge in [-0.2, -0.15) is 12.8 Å². The number of nitrogens with zero attached hydrogens (tertiary/aromatic N) is 4. The Labute approximate surface area is 354 Å². The van der Waals surface area contributed by atoms with Gasteiger partial charge in [-0.1, -0.05) is 73.3 Å². The van der Waals surface area contributed by atoms with Gasteiger partial charge >= 0.3 is 23.1 Å². The quantitative estimate of drug-likeness (QED) is 0.159. The van der Waals surface area contributed by atoms with Crippen LogP contribution in [0.3, 0.4) is 0 Å². The van der Waals surface area contributed by atoms with Gasteiger partial charge in [0.15, 0.2) is 0 Å². The molecule has 0 amide bonds. The predicted octanol–water partition coefficient (Wildman–Crippen LogP) is 6.22. The number of pyridine rings is 2. The van der Waals surface area contributed by atoms with Gasteiger partial charge in [-0.3, -0.25) is 14.8 Å². The van der Waals surface area contributed by atoms with E-state index in [2.05, 4.69) is 72.1 Å². The van der Waals surface area contributed by atoms with Crippen molar-refractivity contribution < 1.29 is 17.5 Å². The zero-order valence-corrected chi connectivity index (χ0v) is 36.0. The third-order valence-corrected chi connectivity index (χ3v) is 11.5. The van der Waals surface area contributed by atoms with E-state index in [4.69, 9.17) is 23.2 Å². The summed E-state index contributed by atoms with van der Waals surface area (Å²) in [5, 5.41) is 15.6. The first kappa shape index (κ1) is 43.1. The summed E-state index contributed by atoms with van der Waals surface area (Å²) in [5.41, 5.74) is 2.77. The molecule has 1 unspecified atom stereocenters. The zero-order valence-electron chi connectivity index (χ0n) is 29.1. The van der Waals surface area contributed by atoms with Crippen molar-refractivity contribution in [3.8, 4) is 0 Å². The van der Waals surface area contributed by atoms with E-state index in [0.717, 1.165) is 68.0 Å². The Kier molecular flexibility index (Phi) is 16.0. The van der Waals surface area contributed by atoms with Crippen LogP contribution < -0.4 is 17.8 Å². The molecule has 0 saturated carbocycles. The van der Waals surface area contributed by atoms with E-state index in [-0.39, 0.29) is 46.8 Å². The predicted molar refractivity (Wildman–Crippen MR) is 221 cm³/mol. The number of rotatable bonds is 1. The number of piperidine rings is 2. The number of halogens is 5. The van der Waals surface area contributed by atoms with E-state index in [1.165, 1.54) is 25.9 Å². The Morgan fingerprint density at radius 1 is 0.846 bits per heavy atom. The average Bonchev–Trinajstić information content (AvgIpc) is 3.28. The van der Waals surface area contributed by atoms with E-state index in [1.807, 2.05) is 54.6 Å². The summed E-state index contributed by atoms with van der Waals surface area (Å²) in [4.78, 5) is 25.9. The molecule has 3 aromatic carbocycles. The molecule has 8 rings (SSSR count). The first-order valence-electron chi connectivity index (χ1n) is 16.8.